The number of benzene rings is 2. The van der Waals surface area contributed by atoms with Gasteiger partial charge in [-0.05, 0) is 23.8 Å². The molecule has 1 aliphatic heterocycles. The van der Waals surface area contributed by atoms with Gasteiger partial charge in [-0.15, -0.1) is 10.2 Å². The first-order valence-corrected chi connectivity index (χ1v) is 9.35. The van der Waals surface area contributed by atoms with Gasteiger partial charge in [0, 0.05) is 18.5 Å². The fourth-order valence-corrected chi connectivity index (χ4v) is 3.24. The Morgan fingerprint density at radius 3 is 2.86 bits per heavy atom. The highest BCUT2D eigenvalue weighted by atomic mass is 35.5. The SMILES string of the molecule is CN1C(=O)[C@@H](NC(=O)c2nnc(Cc3ccccc3)[nH]2)COc2ccc(Cl)cc21. The van der Waals surface area contributed by atoms with Gasteiger partial charge < -0.3 is 19.9 Å². The van der Waals surface area contributed by atoms with Crippen molar-refractivity contribution >= 4 is 29.1 Å². The predicted octanol–water partition coefficient (Wildman–Crippen LogP) is 2.20. The molecular formula is C20H18ClN5O3. The summed E-state index contributed by atoms with van der Waals surface area (Å²) in [6.45, 7) is -0.00540. The number of aromatic nitrogens is 3. The Morgan fingerprint density at radius 1 is 1.28 bits per heavy atom. The Kier molecular flexibility index (Phi) is 5.18. The molecule has 3 aromatic rings. The lowest BCUT2D eigenvalue weighted by Crippen LogP contribution is -2.49. The van der Waals surface area contributed by atoms with Crippen LogP contribution in [-0.4, -0.2) is 46.7 Å². The minimum atomic E-state index is -0.874. The number of nitrogens with one attached hydrogen (secondary N) is 2. The van der Waals surface area contributed by atoms with Crippen LogP contribution in [0.5, 0.6) is 5.75 Å². The van der Waals surface area contributed by atoms with E-state index in [0.717, 1.165) is 5.56 Å². The number of likely N-dealkylation sites (N-methyl/N-ethyl adjacent to an activating group) is 1. The zero-order chi connectivity index (χ0) is 20.4. The molecule has 2 N–H and O–H groups in total. The zero-order valence-corrected chi connectivity index (χ0v) is 16.3. The van der Waals surface area contributed by atoms with E-state index in [4.69, 9.17) is 16.3 Å². The number of hydrogen-bond acceptors (Lipinski definition) is 5. The second-order valence-corrected chi connectivity index (χ2v) is 7.07. The van der Waals surface area contributed by atoms with Crippen molar-refractivity contribution in [3.8, 4) is 5.75 Å². The van der Waals surface area contributed by atoms with Crippen molar-refractivity contribution in [1.29, 1.82) is 0 Å². The molecule has 0 fully saturated rings. The number of halogens is 1. The quantitative estimate of drug-likeness (QED) is 0.685. The molecule has 0 unspecified atom stereocenters. The number of carbonyl (C=O) groups is 2. The average Bonchev–Trinajstić information content (AvgIpc) is 3.16. The van der Waals surface area contributed by atoms with Crippen molar-refractivity contribution in [2.75, 3.05) is 18.6 Å². The molecule has 1 atom stereocenters. The van der Waals surface area contributed by atoms with Gasteiger partial charge in [-0.1, -0.05) is 41.9 Å². The van der Waals surface area contributed by atoms with E-state index in [0.29, 0.717) is 28.7 Å². The van der Waals surface area contributed by atoms with Crippen LogP contribution in [0.2, 0.25) is 5.02 Å². The number of nitrogens with zero attached hydrogens (tertiary/aromatic N) is 3. The summed E-state index contributed by atoms with van der Waals surface area (Å²) in [5.41, 5.74) is 1.59. The van der Waals surface area contributed by atoms with Gasteiger partial charge in [0.1, 0.15) is 24.2 Å². The highest BCUT2D eigenvalue weighted by Crippen LogP contribution is 2.33. The van der Waals surface area contributed by atoms with Gasteiger partial charge >= 0.3 is 0 Å². The minimum Gasteiger partial charge on any atom is -0.489 e. The standard InChI is InChI=1S/C20H18ClN5O3/c1-26-15-10-13(21)7-8-16(15)29-11-14(20(26)28)22-19(27)18-23-17(24-25-18)9-12-5-3-2-4-6-12/h2-8,10,14H,9,11H2,1H3,(H,22,27)(H,23,24,25)/t14-/m0/s1. The van der Waals surface area contributed by atoms with Crippen LogP contribution in [-0.2, 0) is 11.2 Å². The summed E-state index contributed by atoms with van der Waals surface area (Å²) >= 11 is 6.02. The fraction of sp³-hybridized carbons (Fsp3) is 0.200. The van der Waals surface area contributed by atoms with Gasteiger partial charge in [-0.2, -0.15) is 0 Å². The number of ether oxygens (including phenoxy) is 1. The number of H-pyrrole nitrogens is 1. The zero-order valence-electron chi connectivity index (χ0n) is 15.6. The highest BCUT2D eigenvalue weighted by Gasteiger charge is 2.31. The molecule has 0 aliphatic carbocycles. The van der Waals surface area contributed by atoms with Crippen LogP contribution in [0.3, 0.4) is 0 Å². The van der Waals surface area contributed by atoms with Crippen LogP contribution >= 0.6 is 11.6 Å². The Bertz CT molecular complexity index is 1050. The summed E-state index contributed by atoms with van der Waals surface area (Å²) in [7, 11) is 1.61. The maximum absolute atomic E-state index is 12.8. The predicted molar refractivity (Wildman–Crippen MR) is 107 cm³/mol. The molecule has 148 valence electrons. The monoisotopic (exact) mass is 411 g/mol. The molecule has 2 aromatic carbocycles. The smallest absolute Gasteiger partial charge is 0.289 e. The van der Waals surface area contributed by atoms with E-state index in [2.05, 4.69) is 20.5 Å². The number of fused-ring (bicyclic) bond motifs is 1. The topological polar surface area (TPSA) is 100 Å². The Labute approximate surface area is 171 Å². The molecule has 0 saturated heterocycles. The summed E-state index contributed by atoms with van der Waals surface area (Å²) in [6.07, 6.45) is 0.519. The third-order valence-electron chi connectivity index (χ3n) is 4.58. The van der Waals surface area contributed by atoms with Gasteiger partial charge in [0.2, 0.25) is 5.82 Å². The number of anilines is 1. The van der Waals surface area contributed by atoms with Gasteiger partial charge in [-0.25, -0.2) is 0 Å². The second-order valence-electron chi connectivity index (χ2n) is 6.63. The molecule has 8 nitrogen and oxygen atoms in total. The molecule has 2 amide bonds. The number of hydrogen-bond donors (Lipinski definition) is 2. The molecule has 0 bridgehead atoms. The average molecular weight is 412 g/mol. The molecule has 29 heavy (non-hydrogen) atoms. The van der Waals surface area contributed by atoms with E-state index in [9.17, 15) is 9.59 Å². The van der Waals surface area contributed by atoms with E-state index >= 15 is 0 Å². The van der Waals surface area contributed by atoms with E-state index in [1.807, 2.05) is 30.3 Å². The first-order chi connectivity index (χ1) is 14.0. The highest BCUT2D eigenvalue weighted by molar-refractivity contribution is 6.31. The van der Waals surface area contributed by atoms with Crippen molar-refractivity contribution in [1.82, 2.24) is 20.5 Å². The molecule has 0 spiro atoms. The minimum absolute atomic E-state index is 0.00540. The fourth-order valence-electron chi connectivity index (χ4n) is 3.07. The Hall–Kier alpha value is -3.39. The summed E-state index contributed by atoms with van der Waals surface area (Å²) in [6, 6.07) is 13.9. The summed E-state index contributed by atoms with van der Waals surface area (Å²) < 4.78 is 5.70. The molecule has 4 rings (SSSR count). The van der Waals surface area contributed by atoms with Crippen LogP contribution in [0.25, 0.3) is 0 Å². The number of aromatic amines is 1. The maximum Gasteiger partial charge on any atom is 0.289 e. The number of amides is 2. The lowest BCUT2D eigenvalue weighted by molar-refractivity contribution is -0.120. The van der Waals surface area contributed by atoms with E-state index < -0.39 is 11.9 Å². The van der Waals surface area contributed by atoms with Crippen LogP contribution in [0, 0.1) is 0 Å². The Balaban J connectivity index is 1.45. The van der Waals surface area contributed by atoms with Crippen molar-refractivity contribution in [3.05, 3.63) is 70.8 Å². The van der Waals surface area contributed by atoms with Crippen LogP contribution in [0.1, 0.15) is 22.0 Å². The second kappa shape index (κ2) is 7.92. The van der Waals surface area contributed by atoms with E-state index in [1.54, 1.807) is 25.2 Å². The summed E-state index contributed by atoms with van der Waals surface area (Å²) in [5.74, 6) is 0.270. The lowest BCUT2D eigenvalue weighted by Gasteiger charge is -2.20. The van der Waals surface area contributed by atoms with Crippen molar-refractivity contribution < 1.29 is 14.3 Å². The first kappa shape index (κ1) is 18.9. The van der Waals surface area contributed by atoms with E-state index in [1.165, 1.54) is 4.90 Å². The number of rotatable bonds is 4. The van der Waals surface area contributed by atoms with Gasteiger partial charge in [-0.3, -0.25) is 9.59 Å². The maximum atomic E-state index is 12.8. The Morgan fingerprint density at radius 2 is 2.07 bits per heavy atom. The summed E-state index contributed by atoms with van der Waals surface area (Å²) in [4.78, 5) is 29.7. The lowest BCUT2D eigenvalue weighted by atomic mass is 10.1. The molecule has 0 radical (unpaired) electrons. The first-order valence-electron chi connectivity index (χ1n) is 8.97. The molecule has 2 heterocycles. The third kappa shape index (κ3) is 4.07. The molecule has 1 aliphatic rings. The van der Waals surface area contributed by atoms with E-state index in [-0.39, 0.29) is 18.3 Å². The molecule has 1 aromatic heterocycles. The third-order valence-corrected chi connectivity index (χ3v) is 4.82. The molecule has 9 heteroatoms. The normalized spacial score (nSPS) is 16.0. The van der Waals surface area contributed by atoms with Crippen LogP contribution in [0.15, 0.2) is 48.5 Å². The van der Waals surface area contributed by atoms with Crippen molar-refractivity contribution in [2.45, 2.75) is 12.5 Å². The number of carbonyl (C=O) groups excluding carboxylic acids is 2. The van der Waals surface area contributed by atoms with Gasteiger partial charge in [0.15, 0.2) is 0 Å². The van der Waals surface area contributed by atoms with Crippen molar-refractivity contribution in [3.63, 3.8) is 0 Å². The van der Waals surface area contributed by atoms with Crippen LogP contribution < -0.4 is 15.0 Å². The summed E-state index contributed by atoms with van der Waals surface area (Å²) in [5, 5.41) is 11.1. The van der Waals surface area contributed by atoms with Crippen LogP contribution in [0.4, 0.5) is 5.69 Å². The largest absolute Gasteiger partial charge is 0.489 e. The van der Waals surface area contributed by atoms with Gasteiger partial charge in [0.05, 0.1) is 5.69 Å². The molecule has 0 saturated carbocycles. The van der Waals surface area contributed by atoms with Gasteiger partial charge in [0.25, 0.3) is 11.8 Å². The van der Waals surface area contributed by atoms with Crippen molar-refractivity contribution in [2.24, 2.45) is 0 Å². The molecular weight excluding hydrogens is 394 g/mol.